The molecule has 0 bridgehead atoms. The van der Waals surface area contributed by atoms with Crippen LogP contribution in [0.3, 0.4) is 0 Å². The lowest BCUT2D eigenvalue weighted by Gasteiger charge is -2.36. The molecule has 21 heavy (non-hydrogen) atoms. The molecule has 0 aliphatic carbocycles. The largest absolute Gasteiger partial charge is 0.445 e. The minimum atomic E-state index is -0.297. The number of nitrogens with two attached hydrogens (primary N) is 1. The van der Waals surface area contributed by atoms with Gasteiger partial charge in [0.15, 0.2) is 0 Å². The summed E-state index contributed by atoms with van der Waals surface area (Å²) < 4.78 is 5.36. The Hall–Kier alpha value is -0.970. The fourth-order valence-electron chi connectivity index (χ4n) is 2.68. The van der Waals surface area contributed by atoms with Gasteiger partial charge in [-0.25, -0.2) is 4.79 Å². The van der Waals surface area contributed by atoms with Crippen LogP contribution in [0.4, 0.5) is 4.79 Å². The van der Waals surface area contributed by atoms with E-state index in [0.29, 0.717) is 29.1 Å². The zero-order valence-electron chi connectivity index (χ0n) is 12.0. The molecule has 1 aromatic rings. The van der Waals surface area contributed by atoms with Gasteiger partial charge < -0.3 is 15.4 Å². The number of benzene rings is 1. The van der Waals surface area contributed by atoms with E-state index in [2.05, 4.69) is 0 Å². The van der Waals surface area contributed by atoms with Crippen LogP contribution in [0.2, 0.25) is 10.0 Å². The molecule has 1 aromatic carbocycles. The van der Waals surface area contributed by atoms with Gasteiger partial charge in [-0.3, -0.25) is 0 Å². The number of nitrogens with zero attached hydrogens (tertiary/aromatic N) is 1. The molecule has 1 amide bonds. The maximum absolute atomic E-state index is 12.2. The molecular formula is C15H20Cl2N2O2. The first kappa shape index (κ1) is 16.4. The van der Waals surface area contributed by atoms with Gasteiger partial charge in [-0.1, -0.05) is 23.2 Å². The van der Waals surface area contributed by atoms with E-state index in [1.807, 2.05) is 6.92 Å². The molecule has 1 aliphatic rings. The molecule has 0 radical (unpaired) electrons. The van der Waals surface area contributed by atoms with Crippen molar-refractivity contribution in [3.63, 3.8) is 0 Å². The quantitative estimate of drug-likeness (QED) is 0.919. The van der Waals surface area contributed by atoms with Gasteiger partial charge in [0.2, 0.25) is 0 Å². The average molecular weight is 331 g/mol. The van der Waals surface area contributed by atoms with Gasteiger partial charge in [0.25, 0.3) is 0 Å². The molecule has 2 rings (SSSR count). The van der Waals surface area contributed by atoms with Gasteiger partial charge >= 0.3 is 6.09 Å². The van der Waals surface area contributed by atoms with E-state index < -0.39 is 0 Å². The highest BCUT2D eigenvalue weighted by molar-refractivity contribution is 6.34. The molecule has 6 heteroatoms. The maximum atomic E-state index is 12.2. The molecule has 2 N–H and O–H groups in total. The van der Waals surface area contributed by atoms with Crippen LogP contribution in [0.1, 0.15) is 25.3 Å². The first-order valence-corrected chi connectivity index (χ1v) is 7.83. The van der Waals surface area contributed by atoms with Crippen LogP contribution >= 0.6 is 23.2 Å². The summed E-state index contributed by atoms with van der Waals surface area (Å²) in [7, 11) is 0. The van der Waals surface area contributed by atoms with Crippen LogP contribution < -0.4 is 5.73 Å². The highest BCUT2D eigenvalue weighted by Gasteiger charge is 2.29. The third kappa shape index (κ3) is 4.50. The minimum absolute atomic E-state index is 0.155. The number of rotatable bonds is 3. The molecule has 4 nitrogen and oxygen atoms in total. The maximum Gasteiger partial charge on any atom is 0.410 e. The second-order valence-corrected chi connectivity index (χ2v) is 6.37. The normalized spacial score (nSPS) is 22.2. The van der Waals surface area contributed by atoms with Crippen LogP contribution in [-0.4, -0.2) is 30.1 Å². The number of likely N-dealkylation sites (tertiary alicyclic amines) is 1. The SMILES string of the molecule is C[C@@H]1C[C@@H](CN)CCN1C(=O)OCc1cc(Cl)cc(Cl)c1. The average Bonchev–Trinajstić information content (AvgIpc) is 2.43. The highest BCUT2D eigenvalue weighted by Crippen LogP contribution is 2.23. The smallest absolute Gasteiger partial charge is 0.410 e. The van der Waals surface area contributed by atoms with Crippen LogP contribution in [0, 0.1) is 5.92 Å². The van der Waals surface area contributed by atoms with Gasteiger partial charge in [0.1, 0.15) is 6.61 Å². The Morgan fingerprint density at radius 2 is 2.05 bits per heavy atom. The second-order valence-electron chi connectivity index (χ2n) is 5.50. The Morgan fingerprint density at radius 3 is 2.62 bits per heavy atom. The summed E-state index contributed by atoms with van der Waals surface area (Å²) >= 11 is 11.8. The molecule has 0 spiro atoms. The lowest BCUT2D eigenvalue weighted by Crippen LogP contribution is -2.46. The summed E-state index contributed by atoms with van der Waals surface area (Å²) in [5.41, 5.74) is 6.47. The summed E-state index contributed by atoms with van der Waals surface area (Å²) in [5, 5.41) is 1.07. The summed E-state index contributed by atoms with van der Waals surface area (Å²) in [4.78, 5) is 13.9. The van der Waals surface area contributed by atoms with Gasteiger partial charge in [-0.15, -0.1) is 0 Å². The monoisotopic (exact) mass is 330 g/mol. The molecule has 1 saturated heterocycles. The molecule has 1 heterocycles. The van der Waals surface area contributed by atoms with E-state index in [1.54, 1.807) is 23.1 Å². The summed E-state index contributed by atoms with van der Waals surface area (Å²) in [6.07, 6.45) is 1.56. The zero-order valence-corrected chi connectivity index (χ0v) is 13.5. The number of ether oxygens (including phenoxy) is 1. The standard InChI is InChI=1S/C15H20Cl2N2O2/c1-10-4-11(8-18)2-3-19(10)15(20)21-9-12-5-13(16)7-14(17)6-12/h5-7,10-11H,2-4,8-9,18H2,1H3/t10-,11+/m1/s1. The Kier molecular flexibility index (Phi) is 5.73. The fourth-order valence-corrected chi connectivity index (χ4v) is 3.25. The predicted molar refractivity (Wildman–Crippen MR) is 84.6 cm³/mol. The number of piperidine rings is 1. The Labute approximate surface area is 135 Å². The number of hydrogen-bond donors (Lipinski definition) is 1. The van der Waals surface area contributed by atoms with Crippen LogP contribution in [-0.2, 0) is 11.3 Å². The van der Waals surface area contributed by atoms with Crippen molar-refractivity contribution >= 4 is 29.3 Å². The van der Waals surface area contributed by atoms with Crippen molar-refractivity contribution in [3.05, 3.63) is 33.8 Å². The third-order valence-electron chi connectivity index (χ3n) is 3.84. The van der Waals surface area contributed by atoms with E-state index in [9.17, 15) is 4.79 Å². The Bertz CT molecular complexity index is 490. The van der Waals surface area contributed by atoms with E-state index >= 15 is 0 Å². The molecule has 2 atom stereocenters. The van der Waals surface area contributed by atoms with Crippen molar-refractivity contribution in [2.45, 2.75) is 32.4 Å². The molecule has 1 aliphatic heterocycles. The molecule has 0 unspecified atom stereocenters. The van der Waals surface area contributed by atoms with Gasteiger partial charge in [0.05, 0.1) is 0 Å². The molecule has 1 fully saturated rings. The van der Waals surface area contributed by atoms with E-state index in [4.69, 9.17) is 33.7 Å². The highest BCUT2D eigenvalue weighted by atomic mass is 35.5. The second kappa shape index (κ2) is 7.34. The van der Waals surface area contributed by atoms with Crippen molar-refractivity contribution in [2.75, 3.05) is 13.1 Å². The molecule has 0 aromatic heterocycles. The summed E-state index contributed by atoms with van der Waals surface area (Å²) in [6.45, 7) is 3.56. The van der Waals surface area contributed by atoms with Crippen molar-refractivity contribution < 1.29 is 9.53 Å². The lowest BCUT2D eigenvalue weighted by atomic mass is 9.92. The topological polar surface area (TPSA) is 55.6 Å². The Balaban J connectivity index is 1.90. The van der Waals surface area contributed by atoms with Crippen molar-refractivity contribution in [2.24, 2.45) is 11.7 Å². The zero-order chi connectivity index (χ0) is 15.4. The van der Waals surface area contributed by atoms with Gasteiger partial charge in [-0.05, 0) is 56.0 Å². The predicted octanol–water partition coefficient (Wildman–Crippen LogP) is 3.69. The van der Waals surface area contributed by atoms with Crippen LogP contribution in [0.25, 0.3) is 0 Å². The molecule has 116 valence electrons. The van der Waals surface area contributed by atoms with Gasteiger partial charge in [-0.2, -0.15) is 0 Å². The number of carbonyl (C=O) groups is 1. The fraction of sp³-hybridized carbons (Fsp3) is 0.533. The van der Waals surface area contributed by atoms with E-state index in [1.165, 1.54) is 0 Å². The summed E-state index contributed by atoms with van der Waals surface area (Å²) in [5.74, 6) is 0.496. The van der Waals surface area contributed by atoms with Crippen molar-refractivity contribution in [3.8, 4) is 0 Å². The van der Waals surface area contributed by atoms with Crippen molar-refractivity contribution in [1.29, 1.82) is 0 Å². The van der Waals surface area contributed by atoms with E-state index in [-0.39, 0.29) is 18.7 Å². The lowest BCUT2D eigenvalue weighted by molar-refractivity contribution is 0.0625. The third-order valence-corrected chi connectivity index (χ3v) is 4.27. The summed E-state index contributed by atoms with van der Waals surface area (Å²) in [6, 6.07) is 5.28. The number of amides is 1. The number of carbonyl (C=O) groups excluding carboxylic acids is 1. The number of halogens is 2. The van der Waals surface area contributed by atoms with Crippen LogP contribution in [0.15, 0.2) is 18.2 Å². The number of hydrogen-bond acceptors (Lipinski definition) is 3. The molecule has 0 saturated carbocycles. The minimum Gasteiger partial charge on any atom is -0.445 e. The first-order valence-electron chi connectivity index (χ1n) is 7.08. The van der Waals surface area contributed by atoms with E-state index in [0.717, 1.165) is 18.4 Å². The molecular weight excluding hydrogens is 311 g/mol. The van der Waals surface area contributed by atoms with Crippen molar-refractivity contribution in [1.82, 2.24) is 4.90 Å². The Morgan fingerprint density at radius 1 is 1.38 bits per heavy atom. The van der Waals surface area contributed by atoms with Gasteiger partial charge in [0, 0.05) is 22.6 Å². The van der Waals surface area contributed by atoms with Crippen LogP contribution in [0.5, 0.6) is 0 Å². The first-order chi connectivity index (χ1) is 9.99.